The molecule has 12 N–H and O–H groups in total. The molecule has 424 valence electrons. The Morgan fingerprint density at radius 2 is 1.22 bits per heavy atom. The molecule has 0 aromatic heterocycles. The topological polar surface area (TPSA) is 334 Å². The van der Waals surface area contributed by atoms with Crippen molar-refractivity contribution in [3.05, 3.63) is 11.6 Å². The molecule has 5 aliphatic carbocycles. The number of hydrogen-bond donors (Lipinski definition) is 12. The van der Waals surface area contributed by atoms with E-state index >= 15 is 0 Å². The van der Waals surface area contributed by atoms with Gasteiger partial charge in [-0.15, -0.1) is 0 Å². The third kappa shape index (κ3) is 9.17. The smallest absolute Gasteiger partial charge is 0.315 e. The zero-order valence-corrected chi connectivity index (χ0v) is 44.1. The second-order valence-corrected chi connectivity index (χ2v) is 25.8. The first-order valence-electron chi connectivity index (χ1n) is 27.1. The number of aliphatic hydroxyl groups excluding tert-OH is 12. The van der Waals surface area contributed by atoms with E-state index in [1.165, 1.54) is 12.5 Å². The Morgan fingerprint density at radius 3 is 1.89 bits per heavy atom. The largest absolute Gasteiger partial charge is 0.432 e. The van der Waals surface area contributed by atoms with Crippen LogP contribution < -0.4 is 0 Å². The molecule has 0 unspecified atom stereocenters. The number of allylic oxidation sites excluding steroid dienone is 2. The molecular formula is C53H86O21. The number of carbonyl (C=O) groups is 1. The van der Waals surface area contributed by atoms with E-state index in [2.05, 4.69) is 54.5 Å². The molecule has 9 aliphatic rings. The Kier molecular flexibility index (Phi) is 15.8. The summed E-state index contributed by atoms with van der Waals surface area (Å²) >= 11 is 0. The Morgan fingerprint density at radius 1 is 0.608 bits per heavy atom. The van der Waals surface area contributed by atoms with Crippen LogP contribution in [0.1, 0.15) is 120 Å². The molecule has 0 amide bonds. The van der Waals surface area contributed by atoms with E-state index in [0.29, 0.717) is 19.3 Å². The van der Waals surface area contributed by atoms with Gasteiger partial charge >= 0.3 is 5.97 Å². The predicted molar refractivity (Wildman–Crippen MR) is 255 cm³/mol. The number of rotatable bonds is 10. The van der Waals surface area contributed by atoms with Crippen LogP contribution in [-0.4, -0.2) is 210 Å². The lowest BCUT2D eigenvalue weighted by Gasteiger charge is -2.71. The molecule has 0 radical (unpaired) electrons. The van der Waals surface area contributed by atoms with E-state index in [9.17, 15) is 66.1 Å². The summed E-state index contributed by atoms with van der Waals surface area (Å²) in [6.45, 7) is 15.9. The van der Waals surface area contributed by atoms with Crippen molar-refractivity contribution in [3.63, 3.8) is 0 Å². The van der Waals surface area contributed by atoms with E-state index in [-0.39, 0.29) is 52.1 Å². The van der Waals surface area contributed by atoms with Crippen molar-refractivity contribution in [3.8, 4) is 0 Å². The molecule has 8 fully saturated rings. The summed E-state index contributed by atoms with van der Waals surface area (Å²) in [4.78, 5) is 14.7. The van der Waals surface area contributed by atoms with E-state index in [1.807, 2.05) is 0 Å². The predicted octanol–water partition coefficient (Wildman–Crippen LogP) is -0.369. The van der Waals surface area contributed by atoms with E-state index in [1.54, 1.807) is 0 Å². The molecule has 21 heteroatoms. The highest BCUT2D eigenvalue weighted by atomic mass is 16.8. The monoisotopic (exact) mass is 1060 g/mol. The third-order valence-corrected chi connectivity index (χ3v) is 21.0. The molecule has 4 saturated carbocycles. The Bertz CT molecular complexity index is 2040. The first-order valence-corrected chi connectivity index (χ1v) is 27.1. The SMILES string of the molecule is C[C@@H]1O[C@@H](O[C@H]2[C@H](O[C@H]3CO[C@@H](O[C@H]4CC[C@]5(C)[C@H]6CC=C7[C@@H]8CC(C)(C)CC[C@]8(C(=O)O[C@@H]8O[C@H](CO)[C@@H](O)[C@H](O)[C@H]8O)CC[C@@]7(C)[C@]6(C)CC[C@H]5C4(C)C)[C@H](O)[C@H]3O)O[C@H](CO)[C@@H](O)[C@@H]2O)[C@H](O)[C@H](O)[C@H]1O. The maximum atomic E-state index is 14.7. The average molecular weight is 1060 g/mol. The van der Waals surface area contributed by atoms with Crippen LogP contribution in [-0.2, 0) is 42.7 Å². The van der Waals surface area contributed by atoms with Gasteiger partial charge in [0.1, 0.15) is 85.5 Å². The molecular weight excluding hydrogens is 973 g/mol. The van der Waals surface area contributed by atoms with Gasteiger partial charge in [0.25, 0.3) is 0 Å². The molecule has 21 nitrogen and oxygen atoms in total. The van der Waals surface area contributed by atoms with Crippen LogP contribution in [0.2, 0.25) is 0 Å². The van der Waals surface area contributed by atoms with Crippen molar-refractivity contribution in [2.45, 2.75) is 242 Å². The van der Waals surface area contributed by atoms with Crippen molar-refractivity contribution < 1.29 is 104 Å². The molecule has 0 bridgehead atoms. The number of fused-ring (bicyclic) bond motifs is 7. The third-order valence-electron chi connectivity index (χ3n) is 21.0. The van der Waals surface area contributed by atoms with Gasteiger partial charge in [-0.1, -0.05) is 60.1 Å². The fourth-order valence-electron chi connectivity index (χ4n) is 16.1. The molecule has 9 rings (SSSR count). The maximum Gasteiger partial charge on any atom is 0.315 e. The minimum Gasteiger partial charge on any atom is -0.432 e. The minimum absolute atomic E-state index is 0.0627. The highest BCUT2D eigenvalue weighted by Crippen LogP contribution is 2.76. The summed E-state index contributed by atoms with van der Waals surface area (Å²) in [6.07, 6.45) is -19.5. The zero-order chi connectivity index (χ0) is 54.0. The number of aliphatic hydroxyl groups is 12. The summed E-state index contributed by atoms with van der Waals surface area (Å²) in [5.41, 5.74) is -0.635. The first-order chi connectivity index (χ1) is 34.6. The Balaban J connectivity index is 0.886. The lowest BCUT2D eigenvalue weighted by molar-refractivity contribution is -0.382. The van der Waals surface area contributed by atoms with Crippen LogP contribution in [0.3, 0.4) is 0 Å². The number of esters is 1. The van der Waals surface area contributed by atoms with Gasteiger partial charge in [0.2, 0.25) is 6.29 Å². The summed E-state index contributed by atoms with van der Waals surface area (Å²) in [5.74, 6) is -0.166. The summed E-state index contributed by atoms with van der Waals surface area (Å²) in [5, 5.41) is 128. The molecule has 4 heterocycles. The van der Waals surface area contributed by atoms with Crippen molar-refractivity contribution in [2.75, 3.05) is 19.8 Å². The minimum atomic E-state index is -1.78. The molecule has 74 heavy (non-hydrogen) atoms. The molecule has 4 saturated heterocycles. The van der Waals surface area contributed by atoms with Crippen LogP contribution in [0.4, 0.5) is 0 Å². The van der Waals surface area contributed by atoms with Crippen LogP contribution >= 0.6 is 0 Å². The van der Waals surface area contributed by atoms with Gasteiger partial charge in [-0.3, -0.25) is 4.79 Å². The number of ether oxygens (including phenoxy) is 8. The van der Waals surface area contributed by atoms with Crippen molar-refractivity contribution >= 4 is 5.97 Å². The standard InChI is InChI=1S/C53H86O21/c1-23-32(56)36(60)40(64)44(68-23)73-42-38(62)34(58)27(21-55)70-46(42)71-28-22-67-43(39(63)35(28)59)72-31-12-13-50(6)29(49(31,4)5)11-14-52(8)30(50)10-9-24-25-19-48(2,3)15-17-53(25,18-16-51(24,52)7)47(66)74-45-41(65)37(61)33(57)26(20-54)69-45/h9,23,25-46,54-65H,10-22H2,1-8H3/t23-,25-,26+,27+,28-,29-,30+,31-,32-,33+,34+,35-,36+,37-,38-,39+,40+,41+,42+,43-,44-,45-,46-,50-,51+,52+,53-/m0/s1. The van der Waals surface area contributed by atoms with Crippen LogP contribution in [0.15, 0.2) is 11.6 Å². The van der Waals surface area contributed by atoms with Gasteiger partial charge < -0.3 is 99.2 Å². The van der Waals surface area contributed by atoms with Crippen LogP contribution in [0.25, 0.3) is 0 Å². The quantitative estimate of drug-likeness (QED) is 0.0755. The normalized spacial score (nSPS) is 54.1. The van der Waals surface area contributed by atoms with Crippen molar-refractivity contribution in [2.24, 2.45) is 50.2 Å². The first kappa shape index (κ1) is 57.1. The number of carbonyl (C=O) groups excluding carboxylic acids is 1. The zero-order valence-electron chi connectivity index (χ0n) is 44.1. The van der Waals surface area contributed by atoms with Gasteiger partial charge in [-0.2, -0.15) is 0 Å². The second-order valence-electron chi connectivity index (χ2n) is 25.8. The fourth-order valence-corrected chi connectivity index (χ4v) is 16.1. The van der Waals surface area contributed by atoms with Gasteiger partial charge in [-0.05, 0) is 116 Å². The average Bonchev–Trinajstić information content (AvgIpc) is 3.35. The van der Waals surface area contributed by atoms with E-state index in [0.717, 1.165) is 44.9 Å². The van der Waals surface area contributed by atoms with Gasteiger partial charge in [0.15, 0.2) is 18.9 Å². The van der Waals surface area contributed by atoms with Gasteiger partial charge in [-0.25, -0.2) is 0 Å². The Labute approximate surface area is 433 Å². The second kappa shape index (κ2) is 20.5. The highest BCUT2D eigenvalue weighted by molar-refractivity contribution is 5.79. The molecule has 4 aliphatic heterocycles. The molecule has 27 atom stereocenters. The van der Waals surface area contributed by atoms with Crippen molar-refractivity contribution in [1.82, 2.24) is 0 Å². The summed E-state index contributed by atoms with van der Waals surface area (Å²) in [6, 6.07) is 0. The number of hydrogen-bond acceptors (Lipinski definition) is 21. The van der Waals surface area contributed by atoms with Gasteiger partial charge in [0.05, 0.1) is 37.4 Å². The van der Waals surface area contributed by atoms with Crippen LogP contribution in [0.5, 0.6) is 0 Å². The van der Waals surface area contributed by atoms with Gasteiger partial charge in [0, 0.05) is 0 Å². The lowest BCUT2D eigenvalue weighted by atomic mass is 9.33. The molecule has 0 aromatic carbocycles. The van der Waals surface area contributed by atoms with E-state index in [4.69, 9.17) is 37.9 Å². The van der Waals surface area contributed by atoms with Crippen LogP contribution in [0, 0.1) is 50.2 Å². The molecule has 0 aromatic rings. The maximum absolute atomic E-state index is 14.7. The fraction of sp³-hybridized carbons (Fsp3) is 0.943. The summed E-state index contributed by atoms with van der Waals surface area (Å²) in [7, 11) is 0. The van der Waals surface area contributed by atoms with Crippen molar-refractivity contribution in [1.29, 1.82) is 0 Å². The lowest BCUT2D eigenvalue weighted by Crippen LogP contribution is -2.66. The summed E-state index contributed by atoms with van der Waals surface area (Å²) < 4.78 is 47.7. The van der Waals surface area contributed by atoms with E-state index < -0.39 is 147 Å². The highest BCUT2D eigenvalue weighted by Gasteiger charge is 2.70. The molecule has 0 spiro atoms. The Hall–Kier alpha value is -1.55.